The molecule has 0 unspecified atom stereocenters. The Morgan fingerprint density at radius 2 is 1.94 bits per heavy atom. The zero-order chi connectivity index (χ0) is 13.0. The number of nitrogens with one attached hydrogen (secondary N) is 1. The van der Waals surface area contributed by atoms with Gasteiger partial charge in [0.2, 0.25) is 0 Å². The van der Waals surface area contributed by atoms with Crippen LogP contribution in [0.4, 0.5) is 0 Å². The number of hydrogen-bond donors (Lipinski definition) is 1. The van der Waals surface area contributed by atoms with Gasteiger partial charge in [-0.25, -0.2) is 0 Å². The molecule has 0 aliphatic heterocycles. The molecule has 1 aromatic heterocycles. The molecule has 96 valence electrons. The number of benzene rings is 1. The lowest BCUT2D eigenvalue weighted by Gasteiger charge is -2.26. The Morgan fingerprint density at radius 3 is 2.56 bits per heavy atom. The summed E-state index contributed by atoms with van der Waals surface area (Å²) in [5, 5.41) is 11.5. The zero-order valence-corrected chi connectivity index (χ0v) is 11.2. The van der Waals surface area contributed by atoms with E-state index < -0.39 is 0 Å². The summed E-state index contributed by atoms with van der Waals surface area (Å²) >= 11 is 0. The Kier molecular flexibility index (Phi) is 3.77. The number of aryl methyl sites for hydroxylation is 1. The molecule has 0 atom stereocenters. The summed E-state index contributed by atoms with van der Waals surface area (Å²) in [6, 6.07) is 10.5. The minimum absolute atomic E-state index is 0.0406. The van der Waals surface area contributed by atoms with E-state index in [1.54, 1.807) is 4.68 Å². The Balaban J connectivity index is 1.91. The normalized spacial score (nSPS) is 11.7. The summed E-state index contributed by atoms with van der Waals surface area (Å²) in [5.41, 5.74) is 2.35. The van der Waals surface area contributed by atoms with Crippen molar-refractivity contribution in [2.24, 2.45) is 7.05 Å². The van der Waals surface area contributed by atoms with Crippen molar-refractivity contribution in [3.8, 4) is 0 Å². The molecule has 4 nitrogen and oxygen atoms in total. The highest BCUT2D eigenvalue weighted by Gasteiger charge is 2.17. The van der Waals surface area contributed by atoms with Gasteiger partial charge in [-0.2, -0.15) is 0 Å². The first kappa shape index (κ1) is 12.8. The van der Waals surface area contributed by atoms with Crippen molar-refractivity contribution in [3.05, 3.63) is 47.8 Å². The maximum Gasteiger partial charge on any atom is 0.0964 e. The van der Waals surface area contributed by atoms with Crippen molar-refractivity contribution >= 4 is 0 Å². The van der Waals surface area contributed by atoms with Gasteiger partial charge in [0.25, 0.3) is 0 Å². The van der Waals surface area contributed by atoms with E-state index in [0.29, 0.717) is 0 Å². The molecule has 2 rings (SSSR count). The molecule has 1 heterocycles. The summed E-state index contributed by atoms with van der Waals surface area (Å²) in [4.78, 5) is 0. The minimum Gasteiger partial charge on any atom is -0.306 e. The van der Waals surface area contributed by atoms with E-state index in [2.05, 4.69) is 53.7 Å². The smallest absolute Gasteiger partial charge is 0.0964 e. The Labute approximate surface area is 108 Å². The number of aromatic nitrogens is 3. The molecular weight excluding hydrogens is 224 g/mol. The summed E-state index contributed by atoms with van der Waals surface area (Å²) in [7, 11) is 1.88. The van der Waals surface area contributed by atoms with Crippen molar-refractivity contribution < 1.29 is 0 Å². The van der Waals surface area contributed by atoms with Crippen molar-refractivity contribution in [2.45, 2.75) is 32.4 Å². The van der Waals surface area contributed by atoms with E-state index in [9.17, 15) is 0 Å². The van der Waals surface area contributed by atoms with Crippen molar-refractivity contribution in [1.29, 1.82) is 0 Å². The lowest BCUT2D eigenvalue weighted by Crippen LogP contribution is -2.40. The Bertz CT molecular complexity index is 488. The van der Waals surface area contributed by atoms with Crippen molar-refractivity contribution in [3.63, 3.8) is 0 Å². The first-order chi connectivity index (χ1) is 8.55. The van der Waals surface area contributed by atoms with Gasteiger partial charge in [-0.05, 0) is 25.8 Å². The molecule has 2 aromatic rings. The van der Waals surface area contributed by atoms with Crippen LogP contribution in [0, 0.1) is 0 Å². The van der Waals surface area contributed by atoms with Crippen LogP contribution >= 0.6 is 0 Å². The van der Waals surface area contributed by atoms with E-state index in [1.165, 1.54) is 5.56 Å². The van der Waals surface area contributed by atoms with E-state index >= 15 is 0 Å². The largest absolute Gasteiger partial charge is 0.306 e. The van der Waals surface area contributed by atoms with Crippen molar-refractivity contribution in [2.75, 3.05) is 0 Å². The highest BCUT2D eigenvalue weighted by Crippen LogP contribution is 2.12. The van der Waals surface area contributed by atoms with Gasteiger partial charge in [0.05, 0.1) is 5.69 Å². The Hall–Kier alpha value is -1.68. The Morgan fingerprint density at radius 1 is 1.22 bits per heavy atom. The van der Waals surface area contributed by atoms with Crippen LogP contribution < -0.4 is 5.32 Å². The molecule has 1 N–H and O–H groups in total. The van der Waals surface area contributed by atoms with Gasteiger partial charge in [-0.3, -0.25) is 4.68 Å². The van der Waals surface area contributed by atoms with Gasteiger partial charge in [-0.1, -0.05) is 35.5 Å². The molecule has 0 amide bonds. The molecule has 0 aliphatic carbocycles. The highest BCUT2D eigenvalue weighted by molar-refractivity contribution is 5.17. The minimum atomic E-state index is 0.0406. The number of rotatable bonds is 5. The predicted molar refractivity (Wildman–Crippen MR) is 72.1 cm³/mol. The average Bonchev–Trinajstić information content (AvgIpc) is 2.74. The SMILES string of the molecule is Cn1cc(CNC(C)(C)Cc2ccccc2)nn1. The van der Waals surface area contributed by atoms with Gasteiger partial charge in [0, 0.05) is 25.3 Å². The van der Waals surface area contributed by atoms with E-state index in [-0.39, 0.29) is 5.54 Å². The monoisotopic (exact) mass is 244 g/mol. The van der Waals surface area contributed by atoms with Gasteiger partial charge < -0.3 is 5.32 Å². The molecule has 0 bridgehead atoms. The van der Waals surface area contributed by atoms with E-state index in [0.717, 1.165) is 18.7 Å². The van der Waals surface area contributed by atoms with Crippen LogP contribution in [0.15, 0.2) is 36.5 Å². The maximum absolute atomic E-state index is 4.08. The summed E-state index contributed by atoms with van der Waals surface area (Å²) < 4.78 is 1.72. The first-order valence-electron chi connectivity index (χ1n) is 6.19. The third kappa shape index (κ3) is 3.67. The van der Waals surface area contributed by atoms with Crippen LogP contribution in [0.2, 0.25) is 0 Å². The van der Waals surface area contributed by atoms with Gasteiger partial charge in [-0.15, -0.1) is 5.10 Å². The number of nitrogens with zero attached hydrogens (tertiary/aromatic N) is 3. The fourth-order valence-corrected chi connectivity index (χ4v) is 1.97. The standard InChI is InChI=1S/C14H20N4/c1-14(2,9-12-7-5-4-6-8-12)15-10-13-11-18(3)17-16-13/h4-8,11,15H,9-10H2,1-3H3. The van der Waals surface area contributed by atoms with Gasteiger partial charge in [0.1, 0.15) is 0 Å². The molecule has 1 aromatic carbocycles. The topological polar surface area (TPSA) is 42.7 Å². The van der Waals surface area contributed by atoms with Gasteiger partial charge >= 0.3 is 0 Å². The van der Waals surface area contributed by atoms with Crippen LogP contribution in [0.25, 0.3) is 0 Å². The number of hydrogen-bond acceptors (Lipinski definition) is 3. The lowest BCUT2D eigenvalue weighted by molar-refractivity contribution is 0.381. The predicted octanol–water partition coefficient (Wildman–Crippen LogP) is 1.93. The van der Waals surface area contributed by atoms with Gasteiger partial charge in [0.15, 0.2) is 0 Å². The van der Waals surface area contributed by atoms with E-state index in [1.807, 2.05) is 19.3 Å². The molecule has 4 heteroatoms. The van der Waals surface area contributed by atoms with E-state index in [4.69, 9.17) is 0 Å². The summed E-state index contributed by atoms with van der Waals surface area (Å²) in [5.74, 6) is 0. The maximum atomic E-state index is 4.08. The third-order valence-electron chi connectivity index (χ3n) is 2.89. The zero-order valence-electron chi connectivity index (χ0n) is 11.2. The quantitative estimate of drug-likeness (QED) is 0.874. The van der Waals surface area contributed by atoms with Crippen LogP contribution in [0.3, 0.4) is 0 Å². The van der Waals surface area contributed by atoms with Crippen LogP contribution in [0.5, 0.6) is 0 Å². The summed E-state index contributed by atoms with van der Waals surface area (Å²) in [6.07, 6.45) is 2.93. The molecule has 0 spiro atoms. The second-order valence-corrected chi connectivity index (χ2v) is 5.28. The van der Waals surface area contributed by atoms with Crippen LogP contribution in [0.1, 0.15) is 25.1 Å². The second kappa shape index (κ2) is 5.31. The molecule has 0 saturated carbocycles. The first-order valence-corrected chi connectivity index (χ1v) is 6.19. The third-order valence-corrected chi connectivity index (χ3v) is 2.89. The molecule has 0 aliphatic rings. The average molecular weight is 244 g/mol. The molecule has 18 heavy (non-hydrogen) atoms. The van der Waals surface area contributed by atoms with Crippen LogP contribution in [-0.2, 0) is 20.0 Å². The highest BCUT2D eigenvalue weighted by atomic mass is 15.4. The molecule has 0 radical (unpaired) electrons. The summed E-state index contributed by atoms with van der Waals surface area (Å²) in [6.45, 7) is 5.15. The fraction of sp³-hybridized carbons (Fsp3) is 0.429. The van der Waals surface area contributed by atoms with Crippen molar-refractivity contribution in [1.82, 2.24) is 20.3 Å². The second-order valence-electron chi connectivity index (χ2n) is 5.28. The van der Waals surface area contributed by atoms with Crippen LogP contribution in [-0.4, -0.2) is 20.5 Å². The molecular formula is C14H20N4. The lowest BCUT2D eigenvalue weighted by atomic mass is 9.95. The molecule has 0 fully saturated rings. The fourth-order valence-electron chi connectivity index (χ4n) is 1.97. The molecule has 0 saturated heterocycles.